The number of nitrogens with zero attached hydrogens (tertiary/aromatic N) is 1. The van der Waals surface area contributed by atoms with Gasteiger partial charge in [0.15, 0.2) is 0 Å². The van der Waals surface area contributed by atoms with Gasteiger partial charge in [-0.05, 0) is 30.5 Å². The fraction of sp³-hybridized carbons (Fsp3) is 0.533. The highest BCUT2D eigenvalue weighted by atomic mass is 16.4. The van der Waals surface area contributed by atoms with Crippen LogP contribution in [0.25, 0.3) is 0 Å². The molecule has 1 saturated heterocycles. The number of benzene rings is 1. The van der Waals surface area contributed by atoms with Gasteiger partial charge in [-0.3, -0.25) is 4.79 Å². The number of hydrogen-bond acceptors (Lipinski definition) is 3. The number of anilines is 1. The molecule has 0 atom stereocenters. The zero-order valence-corrected chi connectivity index (χ0v) is 11.1. The third kappa shape index (κ3) is 2.10. The molecule has 1 heterocycles. The number of piperazine rings is 1. The van der Waals surface area contributed by atoms with Crippen molar-refractivity contribution in [3.8, 4) is 0 Å². The van der Waals surface area contributed by atoms with Gasteiger partial charge in [0.2, 0.25) is 0 Å². The van der Waals surface area contributed by atoms with Crippen LogP contribution >= 0.6 is 0 Å². The van der Waals surface area contributed by atoms with E-state index in [0.29, 0.717) is 0 Å². The molecule has 2 aliphatic rings. The van der Waals surface area contributed by atoms with Gasteiger partial charge in [-0.25, -0.2) is 0 Å². The van der Waals surface area contributed by atoms with Crippen LogP contribution in [0.2, 0.25) is 0 Å². The highest BCUT2D eigenvalue weighted by Crippen LogP contribution is 2.44. The predicted octanol–water partition coefficient (Wildman–Crippen LogP) is 1.60. The standard InChI is InChI=1S/C15H20N2O2/c18-14(19)15(6-1-7-15)12-2-4-13(5-3-12)17-10-8-16-9-11-17/h2-5,16H,1,6-11H2,(H,18,19). The fourth-order valence-corrected chi connectivity index (χ4v) is 3.07. The van der Waals surface area contributed by atoms with Crippen LogP contribution in [0.5, 0.6) is 0 Å². The molecule has 4 heteroatoms. The Bertz CT molecular complexity index is 460. The average molecular weight is 260 g/mol. The van der Waals surface area contributed by atoms with E-state index < -0.39 is 11.4 Å². The molecule has 0 radical (unpaired) electrons. The van der Waals surface area contributed by atoms with Gasteiger partial charge in [-0.1, -0.05) is 18.6 Å². The predicted molar refractivity (Wildman–Crippen MR) is 74.7 cm³/mol. The maximum absolute atomic E-state index is 11.5. The largest absolute Gasteiger partial charge is 0.481 e. The molecular weight excluding hydrogens is 240 g/mol. The Kier molecular flexibility index (Phi) is 3.19. The summed E-state index contributed by atoms with van der Waals surface area (Å²) in [6, 6.07) is 8.16. The Labute approximate surface area is 113 Å². The van der Waals surface area contributed by atoms with Crippen molar-refractivity contribution >= 4 is 11.7 Å². The lowest BCUT2D eigenvalue weighted by Gasteiger charge is -2.38. The van der Waals surface area contributed by atoms with Crippen molar-refractivity contribution in [2.24, 2.45) is 0 Å². The van der Waals surface area contributed by atoms with Crippen LogP contribution in [0.3, 0.4) is 0 Å². The normalized spacial score (nSPS) is 21.8. The minimum absolute atomic E-state index is 0.609. The summed E-state index contributed by atoms with van der Waals surface area (Å²) in [4.78, 5) is 13.8. The van der Waals surface area contributed by atoms with Crippen molar-refractivity contribution in [3.63, 3.8) is 0 Å². The molecule has 1 aliphatic heterocycles. The first-order chi connectivity index (χ1) is 9.22. The van der Waals surface area contributed by atoms with Gasteiger partial charge in [0.25, 0.3) is 0 Å². The van der Waals surface area contributed by atoms with Crippen molar-refractivity contribution in [2.45, 2.75) is 24.7 Å². The van der Waals surface area contributed by atoms with Gasteiger partial charge in [0.1, 0.15) is 0 Å². The quantitative estimate of drug-likeness (QED) is 0.867. The van der Waals surface area contributed by atoms with E-state index in [1.807, 2.05) is 12.1 Å². The highest BCUT2D eigenvalue weighted by molar-refractivity contribution is 5.82. The van der Waals surface area contributed by atoms with Crippen LogP contribution in [-0.2, 0) is 10.2 Å². The van der Waals surface area contributed by atoms with Crippen LogP contribution in [-0.4, -0.2) is 37.3 Å². The lowest BCUT2D eigenvalue weighted by molar-refractivity contribution is -0.147. The SMILES string of the molecule is O=C(O)C1(c2ccc(N3CCNCC3)cc2)CCC1. The highest BCUT2D eigenvalue weighted by Gasteiger charge is 2.45. The molecule has 0 bridgehead atoms. The van der Waals surface area contributed by atoms with Crippen LogP contribution in [0.1, 0.15) is 24.8 Å². The van der Waals surface area contributed by atoms with E-state index in [9.17, 15) is 9.90 Å². The van der Waals surface area contributed by atoms with E-state index in [1.54, 1.807) is 0 Å². The lowest BCUT2D eigenvalue weighted by Crippen LogP contribution is -2.44. The molecule has 0 aromatic heterocycles. The maximum atomic E-state index is 11.5. The molecule has 1 saturated carbocycles. The van der Waals surface area contributed by atoms with Crippen LogP contribution < -0.4 is 10.2 Å². The molecular formula is C15H20N2O2. The minimum atomic E-state index is -0.673. The van der Waals surface area contributed by atoms with Gasteiger partial charge in [0, 0.05) is 31.9 Å². The number of hydrogen-bond donors (Lipinski definition) is 2. The average Bonchev–Trinajstić information content (AvgIpc) is 2.39. The Hall–Kier alpha value is -1.55. The Morgan fingerprint density at radius 3 is 2.26 bits per heavy atom. The summed E-state index contributed by atoms with van der Waals surface area (Å²) in [7, 11) is 0. The molecule has 0 spiro atoms. The lowest BCUT2D eigenvalue weighted by atomic mass is 9.64. The third-order valence-electron chi connectivity index (χ3n) is 4.52. The summed E-state index contributed by atoms with van der Waals surface area (Å²) in [6.45, 7) is 4.06. The summed E-state index contributed by atoms with van der Waals surface area (Å²) in [5, 5.41) is 12.8. The van der Waals surface area contributed by atoms with Crippen molar-refractivity contribution in [1.29, 1.82) is 0 Å². The van der Waals surface area contributed by atoms with E-state index in [4.69, 9.17) is 0 Å². The summed E-state index contributed by atoms with van der Waals surface area (Å²) < 4.78 is 0. The summed E-state index contributed by atoms with van der Waals surface area (Å²) in [6.07, 6.45) is 2.57. The van der Waals surface area contributed by atoms with Gasteiger partial charge < -0.3 is 15.3 Å². The molecule has 0 unspecified atom stereocenters. The second-order valence-corrected chi connectivity index (χ2v) is 5.52. The van der Waals surface area contributed by atoms with Crippen molar-refractivity contribution in [2.75, 3.05) is 31.1 Å². The Balaban J connectivity index is 1.80. The summed E-state index contributed by atoms with van der Waals surface area (Å²) >= 11 is 0. The van der Waals surface area contributed by atoms with E-state index in [0.717, 1.165) is 51.0 Å². The molecule has 3 rings (SSSR count). The molecule has 1 aromatic carbocycles. The van der Waals surface area contributed by atoms with E-state index in [2.05, 4.69) is 22.3 Å². The zero-order valence-electron chi connectivity index (χ0n) is 11.1. The number of carbonyl (C=O) groups is 1. The smallest absolute Gasteiger partial charge is 0.314 e. The van der Waals surface area contributed by atoms with Crippen molar-refractivity contribution in [1.82, 2.24) is 5.32 Å². The van der Waals surface area contributed by atoms with E-state index in [-0.39, 0.29) is 0 Å². The molecule has 102 valence electrons. The monoisotopic (exact) mass is 260 g/mol. The van der Waals surface area contributed by atoms with Gasteiger partial charge >= 0.3 is 5.97 Å². The van der Waals surface area contributed by atoms with E-state index >= 15 is 0 Å². The fourth-order valence-electron chi connectivity index (χ4n) is 3.07. The maximum Gasteiger partial charge on any atom is 0.314 e. The third-order valence-corrected chi connectivity index (χ3v) is 4.52. The first-order valence-corrected chi connectivity index (χ1v) is 7.02. The van der Waals surface area contributed by atoms with Gasteiger partial charge in [0.05, 0.1) is 5.41 Å². The molecule has 4 nitrogen and oxygen atoms in total. The molecule has 1 aromatic rings. The van der Waals surface area contributed by atoms with Crippen LogP contribution in [0.15, 0.2) is 24.3 Å². The van der Waals surface area contributed by atoms with E-state index in [1.165, 1.54) is 5.69 Å². The van der Waals surface area contributed by atoms with Gasteiger partial charge in [-0.15, -0.1) is 0 Å². The number of nitrogens with one attached hydrogen (secondary N) is 1. The molecule has 0 amide bonds. The molecule has 19 heavy (non-hydrogen) atoms. The van der Waals surface area contributed by atoms with Crippen LogP contribution in [0.4, 0.5) is 5.69 Å². The van der Waals surface area contributed by atoms with Crippen molar-refractivity contribution < 1.29 is 9.90 Å². The molecule has 2 fully saturated rings. The summed E-state index contributed by atoms with van der Waals surface area (Å²) in [5.41, 5.74) is 1.55. The second kappa shape index (κ2) is 4.85. The second-order valence-electron chi connectivity index (χ2n) is 5.52. The van der Waals surface area contributed by atoms with Crippen molar-refractivity contribution in [3.05, 3.63) is 29.8 Å². The Morgan fingerprint density at radius 1 is 1.16 bits per heavy atom. The van der Waals surface area contributed by atoms with Crippen LogP contribution in [0, 0.1) is 0 Å². The summed E-state index contributed by atoms with van der Waals surface area (Å²) in [5.74, 6) is -0.673. The number of carboxylic acids is 1. The van der Waals surface area contributed by atoms with Gasteiger partial charge in [-0.2, -0.15) is 0 Å². The molecule has 2 N–H and O–H groups in total. The molecule has 1 aliphatic carbocycles. The Morgan fingerprint density at radius 2 is 1.79 bits per heavy atom. The minimum Gasteiger partial charge on any atom is -0.481 e. The first kappa shape index (κ1) is 12.5. The topological polar surface area (TPSA) is 52.6 Å². The zero-order chi connectivity index (χ0) is 13.3. The number of aliphatic carboxylic acids is 1. The number of carboxylic acid groups (broad SMARTS) is 1. The first-order valence-electron chi connectivity index (χ1n) is 7.02. The number of rotatable bonds is 3.